The monoisotopic (exact) mass is 187 g/mol. The Labute approximate surface area is 70.7 Å². The van der Waals surface area contributed by atoms with Gasteiger partial charge in [0.05, 0.1) is 11.4 Å². The van der Waals surface area contributed by atoms with Crippen molar-refractivity contribution in [1.29, 1.82) is 0 Å². The molecule has 0 bridgehead atoms. The summed E-state index contributed by atoms with van der Waals surface area (Å²) < 4.78 is 21.2. The number of aryl methyl sites for hydroxylation is 1. The minimum absolute atomic E-state index is 0.264. The summed E-state index contributed by atoms with van der Waals surface area (Å²) in [6.45, 7) is 1.77. The van der Waals surface area contributed by atoms with Crippen molar-refractivity contribution in [2.45, 2.75) is 12.7 Å². The summed E-state index contributed by atoms with van der Waals surface area (Å²) in [5.74, 6) is -0.264. The van der Waals surface area contributed by atoms with E-state index >= 15 is 0 Å². The first-order valence-electron chi connectivity index (χ1n) is 3.25. The Balaban J connectivity index is 2.85. The van der Waals surface area contributed by atoms with E-state index in [0.717, 1.165) is 5.69 Å². The fourth-order valence-electron chi connectivity index (χ4n) is 0.700. The van der Waals surface area contributed by atoms with Crippen LogP contribution in [-0.2, 0) is 15.8 Å². The van der Waals surface area contributed by atoms with E-state index in [4.69, 9.17) is 5.14 Å². The third kappa shape index (κ3) is 2.93. The van der Waals surface area contributed by atoms with E-state index < -0.39 is 10.0 Å². The zero-order valence-corrected chi connectivity index (χ0v) is 7.37. The normalized spacial score (nSPS) is 11.5. The van der Waals surface area contributed by atoms with E-state index in [-0.39, 0.29) is 5.75 Å². The van der Waals surface area contributed by atoms with Crippen molar-refractivity contribution >= 4 is 10.0 Å². The Morgan fingerprint density at radius 1 is 1.42 bits per heavy atom. The quantitative estimate of drug-likeness (QED) is 0.681. The largest absolute Gasteiger partial charge is 0.258 e. The van der Waals surface area contributed by atoms with Crippen LogP contribution in [-0.4, -0.2) is 18.4 Å². The molecule has 6 heteroatoms. The minimum Gasteiger partial charge on any atom is -0.258 e. The van der Waals surface area contributed by atoms with E-state index in [1.165, 1.54) is 12.4 Å². The number of aromatic nitrogens is 2. The van der Waals surface area contributed by atoms with Crippen molar-refractivity contribution in [3.05, 3.63) is 23.8 Å². The smallest absolute Gasteiger partial charge is 0.214 e. The van der Waals surface area contributed by atoms with Gasteiger partial charge in [-0.3, -0.25) is 9.97 Å². The molecule has 0 aliphatic heterocycles. The van der Waals surface area contributed by atoms with E-state index in [9.17, 15) is 8.42 Å². The first-order chi connectivity index (χ1) is 5.47. The molecule has 0 atom stereocenters. The zero-order chi connectivity index (χ0) is 9.19. The van der Waals surface area contributed by atoms with Gasteiger partial charge in [0.25, 0.3) is 0 Å². The van der Waals surface area contributed by atoms with E-state index in [1.807, 2.05) is 0 Å². The predicted octanol–water partition coefficient (Wildman–Crippen LogP) is -0.426. The van der Waals surface area contributed by atoms with Crippen LogP contribution in [0.5, 0.6) is 0 Å². The highest BCUT2D eigenvalue weighted by Gasteiger charge is 2.05. The second-order valence-corrected chi connectivity index (χ2v) is 4.07. The van der Waals surface area contributed by atoms with Crippen LogP contribution in [0.2, 0.25) is 0 Å². The second kappa shape index (κ2) is 3.16. The van der Waals surface area contributed by atoms with Gasteiger partial charge in [-0.15, -0.1) is 0 Å². The minimum atomic E-state index is -3.49. The lowest BCUT2D eigenvalue weighted by atomic mass is 10.4. The molecule has 0 aliphatic carbocycles. The highest BCUT2D eigenvalue weighted by atomic mass is 32.2. The van der Waals surface area contributed by atoms with E-state index in [1.54, 1.807) is 6.92 Å². The number of hydrogen-bond acceptors (Lipinski definition) is 4. The van der Waals surface area contributed by atoms with Crippen molar-refractivity contribution in [3.63, 3.8) is 0 Å². The van der Waals surface area contributed by atoms with Crippen LogP contribution in [0, 0.1) is 6.92 Å². The number of nitrogens with zero attached hydrogens (tertiary/aromatic N) is 2. The molecule has 0 unspecified atom stereocenters. The first kappa shape index (κ1) is 9.08. The van der Waals surface area contributed by atoms with Crippen molar-refractivity contribution in [2.75, 3.05) is 0 Å². The molecule has 0 spiro atoms. The Bertz CT molecular complexity index is 357. The Morgan fingerprint density at radius 3 is 2.50 bits per heavy atom. The maximum Gasteiger partial charge on any atom is 0.214 e. The molecule has 1 heterocycles. The summed E-state index contributed by atoms with van der Waals surface area (Å²) in [6, 6.07) is 0. The van der Waals surface area contributed by atoms with Crippen LogP contribution in [0.4, 0.5) is 0 Å². The highest BCUT2D eigenvalue weighted by molar-refractivity contribution is 7.88. The highest BCUT2D eigenvalue weighted by Crippen LogP contribution is 1.97. The standard InChI is InChI=1S/C6H9N3O2S/c1-5-2-9-6(3-8-5)4-12(7,10)11/h2-3H,4H2,1H3,(H2,7,10,11). The summed E-state index contributed by atoms with van der Waals surface area (Å²) in [6.07, 6.45) is 2.90. The first-order valence-corrected chi connectivity index (χ1v) is 4.97. The molecule has 0 saturated carbocycles. The summed E-state index contributed by atoms with van der Waals surface area (Å²) in [5, 5.41) is 4.81. The lowest BCUT2D eigenvalue weighted by molar-refractivity contribution is 0.596. The van der Waals surface area contributed by atoms with Gasteiger partial charge in [-0.25, -0.2) is 13.6 Å². The van der Waals surface area contributed by atoms with Crippen LogP contribution in [0.15, 0.2) is 12.4 Å². The summed E-state index contributed by atoms with van der Waals surface area (Å²) in [4.78, 5) is 7.72. The van der Waals surface area contributed by atoms with Gasteiger partial charge < -0.3 is 0 Å². The van der Waals surface area contributed by atoms with Gasteiger partial charge in [0.2, 0.25) is 10.0 Å². The van der Waals surface area contributed by atoms with Crippen LogP contribution in [0.3, 0.4) is 0 Å². The molecule has 0 radical (unpaired) electrons. The van der Waals surface area contributed by atoms with Crippen molar-refractivity contribution in [1.82, 2.24) is 9.97 Å². The molecule has 0 aromatic carbocycles. The number of hydrogen-bond donors (Lipinski definition) is 1. The summed E-state index contributed by atoms with van der Waals surface area (Å²) in [5.41, 5.74) is 1.11. The number of nitrogens with two attached hydrogens (primary N) is 1. The topological polar surface area (TPSA) is 85.9 Å². The van der Waals surface area contributed by atoms with Gasteiger partial charge in [-0.2, -0.15) is 0 Å². The molecule has 12 heavy (non-hydrogen) atoms. The molecular weight excluding hydrogens is 178 g/mol. The third-order valence-corrected chi connectivity index (χ3v) is 1.88. The van der Waals surface area contributed by atoms with Crippen molar-refractivity contribution < 1.29 is 8.42 Å². The van der Waals surface area contributed by atoms with Gasteiger partial charge in [0, 0.05) is 12.4 Å². The molecular formula is C6H9N3O2S. The Morgan fingerprint density at radius 2 is 2.08 bits per heavy atom. The zero-order valence-electron chi connectivity index (χ0n) is 6.56. The maximum absolute atomic E-state index is 10.6. The Kier molecular flexibility index (Phi) is 2.39. The fourth-order valence-corrected chi connectivity index (χ4v) is 1.26. The number of sulfonamides is 1. The van der Waals surface area contributed by atoms with Gasteiger partial charge in [-0.1, -0.05) is 0 Å². The molecule has 0 saturated heterocycles. The van der Waals surface area contributed by atoms with Crippen molar-refractivity contribution in [2.24, 2.45) is 5.14 Å². The fraction of sp³-hybridized carbons (Fsp3) is 0.333. The lowest BCUT2D eigenvalue weighted by Gasteiger charge is -1.97. The lowest BCUT2D eigenvalue weighted by Crippen LogP contribution is -2.15. The third-order valence-electron chi connectivity index (χ3n) is 1.18. The van der Waals surface area contributed by atoms with Crippen molar-refractivity contribution in [3.8, 4) is 0 Å². The molecule has 1 aromatic rings. The SMILES string of the molecule is Cc1cnc(CS(N)(=O)=O)cn1. The molecule has 5 nitrogen and oxygen atoms in total. The molecule has 1 aromatic heterocycles. The van der Waals surface area contributed by atoms with Gasteiger partial charge in [0.15, 0.2) is 0 Å². The van der Waals surface area contributed by atoms with Gasteiger partial charge >= 0.3 is 0 Å². The number of primary sulfonamides is 1. The average molecular weight is 187 g/mol. The molecule has 0 amide bonds. The van der Waals surface area contributed by atoms with Gasteiger partial charge in [0.1, 0.15) is 5.75 Å². The van der Waals surface area contributed by atoms with Gasteiger partial charge in [-0.05, 0) is 6.92 Å². The van der Waals surface area contributed by atoms with E-state index in [0.29, 0.717) is 5.69 Å². The Hall–Kier alpha value is -1.01. The van der Waals surface area contributed by atoms with E-state index in [2.05, 4.69) is 9.97 Å². The van der Waals surface area contributed by atoms with Crippen LogP contribution >= 0.6 is 0 Å². The summed E-state index contributed by atoms with van der Waals surface area (Å²) in [7, 11) is -3.49. The molecule has 66 valence electrons. The maximum atomic E-state index is 10.6. The molecule has 0 aliphatic rings. The summed E-state index contributed by atoms with van der Waals surface area (Å²) >= 11 is 0. The van der Waals surface area contributed by atoms with Crippen LogP contribution in [0.1, 0.15) is 11.4 Å². The predicted molar refractivity (Wildman–Crippen MR) is 43.6 cm³/mol. The van der Waals surface area contributed by atoms with Crippen LogP contribution < -0.4 is 5.14 Å². The molecule has 0 fully saturated rings. The average Bonchev–Trinajstić information content (AvgIpc) is 1.91. The molecule has 1 rings (SSSR count). The molecule has 2 N–H and O–H groups in total. The van der Waals surface area contributed by atoms with Crippen LogP contribution in [0.25, 0.3) is 0 Å². The second-order valence-electron chi connectivity index (χ2n) is 2.46. The number of rotatable bonds is 2.